The van der Waals surface area contributed by atoms with Gasteiger partial charge in [0.1, 0.15) is 12.4 Å². The molecule has 2 N–H and O–H groups in total. The maximum atomic E-state index is 10.5. The summed E-state index contributed by atoms with van der Waals surface area (Å²) in [6, 6.07) is 6.93. The van der Waals surface area contributed by atoms with Crippen molar-refractivity contribution in [2.45, 2.75) is 12.5 Å². The molecule has 0 spiro atoms. The van der Waals surface area contributed by atoms with Crippen LogP contribution in [-0.2, 0) is 20.7 Å². The lowest BCUT2D eigenvalue weighted by Crippen LogP contribution is -2.21. The molecule has 0 saturated heterocycles. The second-order valence-corrected chi connectivity index (χ2v) is 4.16. The van der Waals surface area contributed by atoms with Gasteiger partial charge >= 0.3 is 5.97 Å². The maximum Gasteiger partial charge on any atom is 0.332 e. The number of carbonyl (C=O) groups is 1. The van der Waals surface area contributed by atoms with E-state index >= 15 is 0 Å². The smallest absolute Gasteiger partial charge is 0.332 e. The number of methoxy groups -OCH3 is 1. The monoisotopic (exact) mass is 284 g/mol. The van der Waals surface area contributed by atoms with E-state index in [-0.39, 0.29) is 6.42 Å². The van der Waals surface area contributed by atoms with Crippen molar-refractivity contribution in [3.8, 4) is 5.75 Å². The molecule has 1 aromatic carbocycles. The van der Waals surface area contributed by atoms with Gasteiger partial charge in [-0.1, -0.05) is 12.1 Å². The fraction of sp³-hybridized carbons (Fsp3) is 0.500. The molecule has 0 aromatic heterocycles. The third-order valence-electron chi connectivity index (χ3n) is 2.57. The van der Waals surface area contributed by atoms with Crippen molar-refractivity contribution in [1.29, 1.82) is 0 Å². The van der Waals surface area contributed by atoms with Crippen LogP contribution in [0.2, 0.25) is 0 Å². The summed E-state index contributed by atoms with van der Waals surface area (Å²) in [5.74, 6) is -0.549. The highest BCUT2D eigenvalue weighted by Gasteiger charge is 2.13. The minimum absolute atomic E-state index is 0.0791. The molecule has 1 aromatic rings. The van der Waals surface area contributed by atoms with Crippen LogP contribution in [0.15, 0.2) is 24.3 Å². The first-order valence-corrected chi connectivity index (χ1v) is 6.32. The molecule has 20 heavy (non-hydrogen) atoms. The SMILES string of the molecule is COCCOCCOc1ccc(CC(O)C(=O)O)cc1. The second-order valence-electron chi connectivity index (χ2n) is 4.16. The van der Waals surface area contributed by atoms with Crippen LogP contribution in [0.25, 0.3) is 0 Å². The van der Waals surface area contributed by atoms with Gasteiger partial charge in [-0.25, -0.2) is 4.79 Å². The van der Waals surface area contributed by atoms with Crippen molar-refractivity contribution >= 4 is 5.97 Å². The number of hydrogen-bond acceptors (Lipinski definition) is 5. The Morgan fingerprint density at radius 2 is 1.80 bits per heavy atom. The quantitative estimate of drug-likeness (QED) is 0.616. The van der Waals surface area contributed by atoms with E-state index in [1.807, 2.05) is 0 Å². The van der Waals surface area contributed by atoms with E-state index in [0.29, 0.717) is 32.2 Å². The molecule has 0 amide bonds. The van der Waals surface area contributed by atoms with Crippen molar-refractivity contribution in [2.75, 3.05) is 33.5 Å². The molecule has 0 saturated carbocycles. The molecule has 112 valence electrons. The van der Waals surface area contributed by atoms with Gasteiger partial charge in [-0.05, 0) is 17.7 Å². The van der Waals surface area contributed by atoms with E-state index in [9.17, 15) is 9.90 Å². The molecule has 0 heterocycles. The molecule has 0 bridgehead atoms. The summed E-state index contributed by atoms with van der Waals surface area (Å²) in [6.07, 6.45) is -1.30. The van der Waals surface area contributed by atoms with Crippen molar-refractivity contribution < 1.29 is 29.2 Å². The molecular weight excluding hydrogens is 264 g/mol. The first kappa shape index (κ1) is 16.4. The molecule has 1 atom stereocenters. The lowest BCUT2D eigenvalue weighted by atomic mass is 10.1. The molecule has 0 aliphatic rings. The van der Waals surface area contributed by atoms with Gasteiger partial charge in [0.2, 0.25) is 0 Å². The standard InChI is InChI=1S/C14H20O6/c1-18-6-7-19-8-9-20-12-4-2-11(3-5-12)10-13(15)14(16)17/h2-5,13,15H,6-10H2,1H3,(H,16,17). The summed E-state index contributed by atoms with van der Waals surface area (Å²) in [4.78, 5) is 10.5. The number of carboxylic acid groups (broad SMARTS) is 1. The van der Waals surface area contributed by atoms with Gasteiger partial charge in [-0.3, -0.25) is 0 Å². The van der Waals surface area contributed by atoms with Gasteiger partial charge in [0.25, 0.3) is 0 Å². The zero-order valence-corrected chi connectivity index (χ0v) is 11.4. The fourth-order valence-electron chi connectivity index (χ4n) is 1.50. The van der Waals surface area contributed by atoms with E-state index in [0.717, 1.165) is 5.56 Å². The van der Waals surface area contributed by atoms with Crippen LogP contribution in [0.4, 0.5) is 0 Å². The number of hydrogen-bond donors (Lipinski definition) is 2. The molecule has 1 unspecified atom stereocenters. The van der Waals surface area contributed by atoms with E-state index in [1.165, 1.54) is 0 Å². The average Bonchev–Trinajstić information content (AvgIpc) is 2.44. The van der Waals surface area contributed by atoms with E-state index in [4.69, 9.17) is 19.3 Å². The molecule has 0 fully saturated rings. The summed E-state index contributed by atoms with van der Waals surface area (Å²) in [5, 5.41) is 17.8. The average molecular weight is 284 g/mol. The largest absolute Gasteiger partial charge is 0.491 e. The minimum Gasteiger partial charge on any atom is -0.491 e. The third kappa shape index (κ3) is 6.51. The Kier molecular flexibility index (Phi) is 7.64. The lowest BCUT2D eigenvalue weighted by Gasteiger charge is -2.09. The third-order valence-corrected chi connectivity index (χ3v) is 2.57. The summed E-state index contributed by atoms with van der Waals surface area (Å²) in [7, 11) is 1.61. The number of aliphatic hydroxyl groups excluding tert-OH is 1. The van der Waals surface area contributed by atoms with Gasteiger partial charge in [0.05, 0.1) is 19.8 Å². The van der Waals surface area contributed by atoms with Gasteiger partial charge in [0.15, 0.2) is 6.10 Å². The number of rotatable bonds is 10. The zero-order valence-electron chi connectivity index (χ0n) is 11.4. The van der Waals surface area contributed by atoms with Crippen LogP contribution in [0.1, 0.15) is 5.56 Å². The van der Waals surface area contributed by atoms with Gasteiger partial charge < -0.3 is 24.4 Å². The van der Waals surface area contributed by atoms with Crippen LogP contribution in [0, 0.1) is 0 Å². The maximum absolute atomic E-state index is 10.5. The molecular formula is C14H20O6. The van der Waals surface area contributed by atoms with Crippen LogP contribution in [-0.4, -0.2) is 55.8 Å². The van der Waals surface area contributed by atoms with Crippen molar-refractivity contribution in [2.24, 2.45) is 0 Å². The Morgan fingerprint density at radius 3 is 2.40 bits per heavy atom. The Labute approximate surface area is 117 Å². The summed E-state index contributed by atoms with van der Waals surface area (Å²) < 4.78 is 15.5. The van der Waals surface area contributed by atoms with Crippen LogP contribution < -0.4 is 4.74 Å². The topological polar surface area (TPSA) is 85.2 Å². The predicted molar refractivity (Wildman–Crippen MR) is 72.0 cm³/mol. The molecule has 0 aliphatic heterocycles. The highest BCUT2D eigenvalue weighted by atomic mass is 16.5. The zero-order chi connectivity index (χ0) is 14.8. The summed E-state index contributed by atoms with van der Waals surface area (Å²) in [5.41, 5.74) is 0.739. The predicted octanol–water partition coefficient (Wildman–Crippen LogP) is 0.716. The summed E-state index contributed by atoms with van der Waals surface area (Å²) >= 11 is 0. The van der Waals surface area contributed by atoms with E-state index in [1.54, 1.807) is 31.4 Å². The first-order valence-electron chi connectivity index (χ1n) is 6.32. The minimum atomic E-state index is -1.38. The van der Waals surface area contributed by atoms with E-state index < -0.39 is 12.1 Å². The van der Waals surface area contributed by atoms with Crippen molar-refractivity contribution in [3.05, 3.63) is 29.8 Å². The first-order chi connectivity index (χ1) is 9.63. The number of ether oxygens (including phenoxy) is 3. The normalized spacial score (nSPS) is 12.1. The Hall–Kier alpha value is -1.63. The second kappa shape index (κ2) is 9.30. The van der Waals surface area contributed by atoms with Crippen molar-refractivity contribution in [1.82, 2.24) is 0 Å². The Morgan fingerprint density at radius 1 is 1.15 bits per heavy atom. The van der Waals surface area contributed by atoms with Crippen LogP contribution >= 0.6 is 0 Å². The summed E-state index contributed by atoms with van der Waals surface area (Å²) in [6.45, 7) is 2.00. The number of aliphatic carboxylic acids is 1. The fourth-order valence-corrected chi connectivity index (χ4v) is 1.50. The van der Waals surface area contributed by atoms with Crippen molar-refractivity contribution in [3.63, 3.8) is 0 Å². The number of aliphatic hydroxyl groups is 1. The van der Waals surface area contributed by atoms with Gasteiger partial charge in [-0.15, -0.1) is 0 Å². The Bertz CT molecular complexity index is 389. The highest BCUT2D eigenvalue weighted by Crippen LogP contribution is 2.13. The molecule has 0 aliphatic carbocycles. The highest BCUT2D eigenvalue weighted by molar-refractivity contribution is 5.72. The van der Waals surface area contributed by atoms with Crippen LogP contribution in [0.3, 0.4) is 0 Å². The molecule has 6 nitrogen and oxygen atoms in total. The van der Waals surface area contributed by atoms with E-state index in [2.05, 4.69) is 0 Å². The Balaban J connectivity index is 2.26. The lowest BCUT2D eigenvalue weighted by molar-refractivity contribution is -0.146. The number of carboxylic acids is 1. The molecule has 1 rings (SSSR count). The molecule has 0 radical (unpaired) electrons. The van der Waals surface area contributed by atoms with Crippen LogP contribution in [0.5, 0.6) is 5.75 Å². The number of benzene rings is 1. The van der Waals surface area contributed by atoms with Gasteiger partial charge in [0, 0.05) is 13.5 Å². The van der Waals surface area contributed by atoms with Gasteiger partial charge in [-0.2, -0.15) is 0 Å². The molecule has 6 heteroatoms.